The first kappa shape index (κ1) is 16.4. The molecule has 1 aliphatic rings. The van der Waals surface area contributed by atoms with E-state index in [4.69, 9.17) is 9.47 Å². The molecule has 0 aromatic heterocycles. The maximum atomic E-state index is 12.1. The molecule has 0 unspecified atom stereocenters. The summed E-state index contributed by atoms with van der Waals surface area (Å²) in [6.07, 6.45) is 0. The fourth-order valence-corrected chi connectivity index (χ4v) is 2.97. The zero-order valence-corrected chi connectivity index (χ0v) is 14.4. The SMILES string of the molecule is COc1ccccc1NC(=O)CSC1=Nc2ccc(C)cc2OC1. The molecule has 1 heterocycles. The van der Waals surface area contributed by atoms with Gasteiger partial charge in [0.15, 0.2) is 0 Å². The summed E-state index contributed by atoms with van der Waals surface area (Å²) in [5.74, 6) is 1.58. The number of ether oxygens (including phenoxy) is 2. The predicted octanol–water partition coefficient (Wildman–Crippen LogP) is 3.80. The molecule has 0 fully saturated rings. The van der Waals surface area contributed by atoms with Crippen LogP contribution >= 0.6 is 11.8 Å². The van der Waals surface area contributed by atoms with E-state index in [-0.39, 0.29) is 11.7 Å². The van der Waals surface area contributed by atoms with Gasteiger partial charge in [-0.05, 0) is 36.8 Å². The number of nitrogens with zero attached hydrogens (tertiary/aromatic N) is 1. The Balaban J connectivity index is 1.60. The first-order valence-electron chi connectivity index (χ1n) is 7.52. The zero-order valence-electron chi connectivity index (χ0n) is 13.5. The van der Waals surface area contributed by atoms with Crippen molar-refractivity contribution < 1.29 is 14.3 Å². The minimum absolute atomic E-state index is 0.109. The molecule has 124 valence electrons. The molecule has 3 rings (SSSR count). The molecule has 1 amide bonds. The first-order chi connectivity index (χ1) is 11.7. The quantitative estimate of drug-likeness (QED) is 0.918. The van der Waals surface area contributed by atoms with Gasteiger partial charge in [0.2, 0.25) is 5.91 Å². The lowest BCUT2D eigenvalue weighted by molar-refractivity contribution is -0.113. The molecule has 0 radical (unpaired) electrons. The van der Waals surface area contributed by atoms with Gasteiger partial charge in [0.1, 0.15) is 28.8 Å². The molecule has 0 saturated heterocycles. The highest BCUT2D eigenvalue weighted by Crippen LogP contribution is 2.33. The lowest BCUT2D eigenvalue weighted by Crippen LogP contribution is -2.18. The number of nitrogens with one attached hydrogen (secondary N) is 1. The third-order valence-corrected chi connectivity index (χ3v) is 4.41. The van der Waals surface area contributed by atoms with Gasteiger partial charge in [-0.2, -0.15) is 0 Å². The molecule has 1 aliphatic heterocycles. The van der Waals surface area contributed by atoms with E-state index in [0.717, 1.165) is 22.0 Å². The molecule has 0 saturated carbocycles. The van der Waals surface area contributed by atoms with Crippen molar-refractivity contribution in [2.24, 2.45) is 4.99 Å². The normalized spacial score (nSPS) is 12.7. The number of aliphatic imine (C=N–C) groups is 1. The summed E-state index contributed by atoms with van der Waals surface area (Å²) in [6.45, 7) is 2.41. The third kappa shape index (κ3) is 3.89. The second-order valence-electron chi connectivity index (χ2n) is 5.30. The number of methoxy groups -OCH3 is 1. The Kier molecular flexibility index (Phi) is 5.05. The molecule has 0 spiro atoms. The molecule has 24 heavy (non-hydrogen) atoms. The molecule has 0 aliphatic carbocycles. The van der Waals surface area contributed by atoms with E-state index in [0.29, 0.717) is 18.0 Å². The average molecular weight is 342 g/mol. The highest BCUT2D eigenvalue weighted by atomic mass is 32.2. The van der Waals surface area contributed by atoms with Crippen molar-refractivity contribution >= 4 is 34.1 Å². The van der Waals surface area contributed by atoms with Crippen LogP contribution < -0.4 is 14.8 Å². The van der Waals surface area contributed by atoms with Gasteiger partial charge in [-0.15, -0.1) is 0 Å². The maximum Gasteiger partial charge on any atom is 0.234 e. The molecular formula is C18H18N2O3S. The fraction of sp³-hybridized carbons (Fsp3) is 0.222. The van der Waals surface area contributed by atoms with Gasteiger partial charge >= 0.3 is 0 Å². The van der Waals surface area contributed by atoms with E-state index < -0.39 is 0 Å². The Hall–Kier alpha value is -2.47. The van der Waals surface area contributed by atoms with Crippen LogP contribution in [0.25, 0.3) is 0 Å². The van der Waals surface area contributed by atoms with E-state index in [2.05, 4.69) is 10.3 Å². The Morgan fingerprint density at radius 3 is 3.00 bits per heavy atom. The van der Waals surface area contributed by atoms with Crippen LogP contribution in [0, 0.1) is 6.92 Å². The Morgan fingerprint density at radius 1 is 1.33 bits per heavy atom. The van der Waals surface area contributed by atoms with Gasteiger partial charge < -0.3 is 14.8 Å². The van der Waals surface area contributed by atoms with Crippen LogP contribution in [-0.4, -0.2) is 30.4 Å². The summed E-state index contributed by atoms with van der Waals surface area (Å²) >= 11 is 1.38. The van der Waals surface area contributed by atoms with Gasteiger partial charge in [-0.1, -0.05) is 30.0 Å². The van der Waals surface area contributed by atoms with Crippen LogP contribution in [0.3, 0.4) is 0 Å². The largest absolute Gasteiger partial charge is 0.495 e. The number of benzene rings is 2. The van der Waals surface area contributed by atoms with Crippen LogP contribution in [-0.2, 0) is 4.79 Å². The van der Waals surface area contributed by atoms with Crippen molar-refractivity contribution in [2.75, 3.05) is 24.8 Å². The molecule has 0 bridgehead atoms. The molecule has 6 heteroatoms. The second-order valence-corrected chi connectivity index (χ2v) is 6.35. The number of hydrogen-bond acceptors (Lipinski definition) is 5. The summed E-state index contributed by atoms with van der Waals surface area (Å²) in [5.41, 5.74) is 2.60. The Morgan fingerprint density at radius 2 is 2.17 bits per heavy atom. The third-order valence-electron chi connectivity index (χ3n) is 3.46. The number of anilines is 1. The van der Waals surface area contributed by atoms with Gasteiger partial charge in [-0.3, -0.25) is 4.79 Å². The summed E-state index contributed by atoms with van der Waals surface area (Å²) < 4.78 is 10.9. The molecule has 1 N–H and O–H groups in total. The maximum absolute atomic E-state index is 12.1. The van der Waals surface area contributed by atoms with Crippen molar-refractivity contribution in [2.45, 2.75) is 6.92 Å². The van der Waals surface area contributed by atoms with Crippen molar-refractivity contribution in [3.8, 4) is 11.5 Å². The molecule has 2 aromatic carbocycles. The smallest absolute Gasteiger partial charge is 0.234 e. The van der Waals surface area contributed by atoms with Gasteiger partial charge in [0.05, 0.1) is 18.6 Å². The van der Waals surface area contributed by atoms with Crippen molar-refractivity contribution in [3.63, 3.8) is 0 Å². The van der Waals surface area contributed by atoms with E-state index >= 15 is 0 Å². The number of aryl methyl sites for hydroxylation is 1. The summed E-state index contributed by atoms with van der Waals surface area (Å²) in [6, 6.07) is 13.2. The number of carbonyl (C=O) groups excluding carboxylic acids is 1. The minimum atomic E-state index is -0.109. The number of hydrogen-bond donors (Lipinski definition) is 1. The Bertz CT molecular complexity index is 790. The van der Waals surface area contributed by atoms with E-state index in [1.807, 2.05) is 37.3 Å². The number of thioether (sulfide) groups is 1. The zero-order chi connectivity index (χ0) is 16.9. The highest BCUT2D eigenvalue weighted by molar-refractivity contribution is 8.14. The standard InChI is InChI=1S/C18H18N2O3S/c1-12-7-8-14-16(9-12)23-10-18(20-14)24-11-17(21)19-13-5-3-4-6-15(13)22-2/h3-9H,10-11H2,1-2H3,(H,19,21). The first-order valence-corrected chi connectivity index (χ1v) is 8.51. The van der Waals surface area contributed by atoms with Gasteiger partial charge in [-0.25, -0.2) is 4.99 Å². The summed E-state index contributed by atoms with van der Waals surface area (Å²) in [5, 5.41) is 3.64. The monoisotopic (exact) mass is 342 g/mol. The number of fused-ring (bicyclic) bond motifs is 1. The lowest BCUT2D eigenvalue weighted by atomic mass is 10.2. The van der Waals surface area contributed by atoms with E-state index in [9.17, 15) is 4.79 Å². The molecule has 2 aromatic rings. The molecule has 0 atom stereocenters. The summed E-state index contributed by atoms with van der Waals surface area (Å²) in [4.78, 5) is 16.7. The predicted molar refractivity (Wildman–Crippen MR) is 97.9 cm³/mol. The number of amides is 1. The van der Waals surface area contributed by atoms with Gasteiger partial charge in [0, 0.05) is 0 Å². The average Bonchev–Trinajstić information content (AvgIpc) is 2.60. The second kappa shape index (κ2) is 7.40. The molecular weight excluding hydrogens is 324 g/mol. The summed E-state index contributed by atoms with van der Waals surface area (Å²) in [7, 11) is 1.58. The number of carbonyl (C=O) groups is 1. The number of rotatable bonds is 4. The molecule has 5 nitrogen and oxygen atoms in total. The highest BCUT2D eigenvalue weighted by Gasteiger charge is 2.15. The van der Waals surface area contributed by atoms with Crippen LogP contribution in [0.4, 0.5) is 11.4 Å². The van der Waals surface area contributed by atoms with E-state index in [1.165, 1.54) is 11.8 Å². The van der Waals surface area contributed by atoms with Crippen molar-refractivity contribution in [1.82, 2.24) is 0 Å². The van der Waals surface area contributed by atoms with Crippen LogP contribution in [0.2, 0.25) is 0 Å². The Labute approximate surface area is 145 Å². The number of para-hydroxylation sites is 2. The fourth-order valence-electron chi connectivity index (χ4n) is 2.29. The van der Waals surface area contributed by atoms with Crippen molar-refractivity contribution in [3.05, 3.63) is 48.0 Å². The topological polar surface area (TPSA) is 59.9 Å². The van der Waals surface area contributed by atoms with Crippen molar-refractivity contribution in [1.29, 1.82) is 0 Å². The lowest BCUT2D eigenvalue weighted by Gasteiger charge is -2.17. The van der Waals surface area contributed by atoms with E-state index in [1.54, 1.807) is 19.2 Å². The van der Waals surface area contributed by atoms with Crippen LogP contribution in [0.5, 0.6) is 11.5 Å². The minimum Gasteiger partial charge on any atom is -0.495 e. The van der Waals surface area contributed by atoms with Crippen LogP contribution in [0.1, 0.15) is 5.56 Å². The van der Waals surface area contributed by atoms with Gasteiger partial charge in [0.25, 0.3) is 0 Å². The van der Waals surface area contributed by atoms with Crippen LogP contribution in [0.15, 0.2) is 47.5 Å².